The summed E-state index contributed by atoms with van der Waals surface area (Å²) in [5.74, 6) is -0.204. The molecule has 3 heteroatoms. The van der Waals surface area contributed by atoms with E-state index in [2.05, 4.69) is 17.4 Å². The number of aryl methyl sites for hydroxylation is 2. The van der Waals surface area contributed by atoms with E-state index in [-0.39, 0.29) is 17.7 Å². The van der Waals surface area contributed by atoms with Crippen LogP contribution in [0.15, 0.2) is 48.5 Å². The Morgan fingerprint density at radius 3 is 2.62 bits per heavy atom. The Kier molecular flexibility index (Phi) is 4.99. The highest BCUT2D eigenvalue weighted by molar-refractivity contribution is 5.97. The molecule has 1 amide bonds. The van der Waals surface area contributed by atoms with Crippen molar-refractivity contribution in [2.24, 2.45) is 0 Å². The zero-order chi connectivity index (χ0) is 15.2. The van der Waals surface area contributed by atoms with E-state index in [9.17, 15) is 9.90 Å². The van der Waals surface area contributed by atoms with Crippen molar-refractivity contribution in [1.29, 1.82) is 0 Å². The summed E-state index contributed by atoms with van der Waals surface area (Å²) in [5.41, 5.74) is 2.55. The first-order valence-electron chi connectivity index (χ1n) is 7.20. The maximum Gasteiger partial charge on any atom is 0.255 e. The van der Waals surface area contributed by atoms with Crippen LogP contribution < -0.4 is 5.32 Å². The Morgan fingerprint density at radius 2 is 1.90 bits per heavy atom. The van der Waals surface area contributed by atoms with E-state index in [1.165, 1.54) is 5.56 Å². The van der Waals surface area contributed by atoms with Crippen molar-refractivity contribution < 1.29 is 9.90 Å². The molecule has 1 atom stereocenters. The van der Waals surface area contributed by atoms with Crippen LogP contribution in [0.5, 0.6) is 5.75 Å². The molecule has 0 fully saturated rings. The molecule has 2 aromatic carbocycles. The molecule has 0 aliphatic carbocycles. The second-order valence-corrected chi connectivity index (χ2v) is 5.42. The number of hydrogen-bond acceptors (Lipinski definition) is 2. The number of amides is 1. The molecule has 2 N–H and O–H groups in total. The van der Waals surface area contributed by atoms with Gasteiger partial charge in [-0.15, -0.1) is 0 Å². The van der Waals surface area contributed by atoms with Crippen molar-refractivity contribution in [3.05, 3.63) is 65.2 Å². The fourth-order valence-corrected chi connectivity index (χ4v) is 2.23. The Bertz CT molecular complexity index is 608. The summed E-state index contributed by atoms with van der Waals surface area (Å²) < 4.78 is 0. The maximum atomic E-state index is 12.2. The second kappa shape index (κ2) is 6.93. The Hall–Kier alpha value is -2.29. The second-order valence-electron chi connectivity index (χ2n) is 5.42. The van der Waals surface area contributed by atoms with Crippen molar-refractivity contribution in [2.45, 2.75) is 32.7 Å². The van der Waals surface area contributed by atoms with Crippen molar-refractivity contribution in [2.75, 3.05) is 0 Å². The van der Waals surface area contributed by atoms with Crippen LogP contribution in [0.1, 0.15) is 34.8 Å². The standard InChI is InChI=1S/C18H21NO2/c1-13-8-11-17(20)16(12-13)18(21)19-14(2)9-10-15-6-4-3-5-7-15/h3-8,11-12,14,20H,9-10H2,1-2H3,(H,19,21)/t14-/m0/s1. The predicted molar refractivity (Wildman–Crippen MR) is 84.5 cm³/mol. The van der Waals surface area contributed by atoms with Crippen LogP contribution >= 0.6 is 0 Å². The van der Waals surface area contributed by atoms with Crippen LogP contribution in [-0.2, 0) is 6.42 Å². The maximum absolute atomic E-state index is 12.2. The average Bonchev–Trinajstić information content (AvgIpc) is 2.48. The number of phenolic OH excluding ortho intramolecular Hbond substituents is 1. The van der Waals surface area contributed by atoms with E-state index in [1.807, 2.05) is 32.0 Å². The summed E-state index contributed by atoms with van der Waals surface area (Å²) in [6.45, 7) is 3.88. The molecule has 0 bridgehead atoms. The molecule has 0 aromatic heterocycles. The van der Waals surface area contributed by atoms with Crippen molar-refractivity contribution in [3.8, 4) is 5.75 Å². The molecule has 0 saturated carbocycles. The first-order valence-corrected chi connectivity index (χ1v) is 7.20. The lowest BCUT2D eigenvalue weighted by atomic mass is 10.1. The molecule has 3 nitrogen and oxygen atoms in total. The van der Waals surface area contributed by atoms with E-state index >= 15 is 0 Å². The van der Waals surface area contributed by atoms with Crippen molar-refractivity contribution in [3.63, 3.8) is 0 Å². The van der Waals surface area contributed by atoms with Crippen LogP contribution in [-0.4, -0.2) is 17.1 Å². The fourth-order valence-electron chi connectivity index (χ4n) is 2.23. The van der Waals surface area contributed by atoms with Crippen LogP contribution in [0.2, 0.25) is 0 Å². The number of nitrogens with one attached hydrogen (secondary N) is 1. The third-order valence-corrected chi connectivity index (χ3v) is 3.48. The molecule has 0 aliphatic heterocycles. The zero-order valence-corrected chi connectivity index (χ0v) is 12.5. The lowest BCUT2D eigenvalue weighted by Crippen LogP contribution is -2.33. The van der Waals surface area contributed by atoms with Crippen molar-refractivity contribution in [1.82, 2.24) is 5.32 Å². The molecule has 0 spiro atoms. The van der Waals surface area contributed by atoms with Gasteiger partial charge in [0, 0.05) is 6.04 Å². The number of rotatable bonds is 5. The predicted octanol–water partition coefficient (Wildman–Crippen LogP) is 3.45. The highest BCUT2D eigenvalue weighted by atomic mass is 16.3. The summed E-state index contributed by atoms with van der Waals surface area (Å²) in [7, 11) is 0. The van der Waals surface area contributed by atoms with Gasteiger partial charge in [-0.05, 0) is 44.4 Å². The molecule has 0 radical (unpaired) electrons. The largest absolute Gasteiger partial charge is 0.507 e. The average molecular weight is 283 g/mol. The van der Waals surface area contributed by atoms with E-state index in [0.29, 0.717) is 5.56 Å². The molecule has 110 valence electrons. The van der Waals surface area contributed by atoms with Gasteiger partial charge in [0.1, 0.15) is 5.75 Å². The summed E-state index contributed by atoms with van der Waals surface area (Å²) in [4.78, 5) is 12.2. The topological polar surface area (TPSA) is 49.3 Å². The van der Waals surface area contributed by atoms with E-state index in [4.69, 9.17) is 0 Å². The van der Waals surface area contributed by atoms with Gasteiger partial charge in [0.05, 0.1) is 5.56 Å². The normalized spacial score (nSPS) is 11.9. The van der Waals surface area contributed by atoms with Gasteiger partial charge in [-0.1, -0.05) is 42.0 Å². The minimum absolute atomic E-state index is 0.0216. The third-order valence-electron chi connectivity index (χ3n) is 3.48. The van der Waals surface area contributed by atoms with E-state index < -0.39 is 0 Å². The molecular weight excluding hydrogens is 262 g/mol. The Morgan fingerprint density at radius 1 is 1.19 bits per heavy atom. The van der Waals surface area contributed by atoms with Crippen LogP contribution in [0, 0.1) is 6.92 Å². The SMILES string of the molecule is Cc1ccc(O)c(C(=O)N[C@@H](C)CCc2ccccc2)c1. The number of aromatic hydroxyl groups is 1. The number of carbonyl (C=O) groups excluding carboxylic acids is 1. The zero-order valence-electron chi connectivity index (χ0n) is 12.5. The van der Waals surface area contributed by atoms with Gasteiger partial charge in [-0.3, -0.25) is 4.79 Å². The number of hydrogen-bond donors (Lipinski definition) is 2. The quantitative estimate of drug-likeness (QED) is 0.883. The molecule has 0 unspecified atom stereocenters. The molecule has 0 saturated heterocycles. The number of benzene rings is 2. The summed E-state index contributed by atoms with van der Waals surface area (Å²) in [6, 6.07) is 15.3. The first kappa shape index (κ1) is 15.1. The van der Waals surface area contributed by atoms with Gasteiger partial charge in [0.15, 0.2) is 0 Å². The number of carbonyl (C=O) groups is 1. The summed E-state index contributed by atoms with van der Waals surface area (Å²) >= 11 is 0. The Balaban J connectivity index is 1.91. The molecule has 0 aliphatic rings. The van der Waals surface area contributed by atoms with Gasteiger partial charge in [-0.2, -0.15) is 0 Å². The Labute approximate surface area is 125 Å². The van der Waals surface area contributed by atoms with Gasteiger partial charge >= 0.3 is 0 Å². The molecule has 0 heterocycles. The van der Waals surface area contributed by atoms with E-state index in [1.54, 1.807) is 18.2 Å². The number of phenols is 1. The van der Waals surface area contributed by atoms with Gasteiger partial charge in [0.25, 0.3) is 5.91 Å². The highest BCUT2D eigenvalue weighted by Gasteiger charge is 2.13. The smallest absolute Gasteiger partial charge is 0.255 e. The lowest BCUT2D eigenvalue weighted by molar-refractivity contribution is 0.0935. The van der Waals surface area contributed by atoms with Crippen LogP contribution in [0.3, 0.4) is 0 Å². The molecular formula is C18H21NO2. The first-order chi connectivity index (χ1) is 10.1. The molecule has 2 aromatic rings. The van der Waals surface area contributed by atoms with E-state index in [0.717, 1.165) is 18.4 Å². The minimum Gasteiger partial charge on any atom is -0.507 e. The third kappa shape index (κ3) is 4.35. The van der Waals surface area contributed by atoms with Gasteiger partial charge in [0.2, 0.25) is 0 Å². The molecule has 2 rings (SSSR count). The minimum atomic E-state index is -0.225. The fraction of sp³-hybridized carbons (Fsp3) is 0.278. The van der Waals surface area contributed by atoms with Gasteiger partial charge < -0.3 is 10.4 Å². The van der Waals surface area contributed by atoms with Crippen LogP contribution in [0.4, 0.5) is 0 Å². The summed E-state index contributed by atoms with van der Waals surface area (Å²) in [5, 5.41) is 12.7. The van der Waals surface area contributed by atoms with Gasteiger partial charge in [-0.25, -0.2) is 0 Å². The summed E-state index contributed by atoms with van der Waals surface area (Å²) in [6.07, 6.45) is 1.78. The monoisotopic (exact) mass is 283 g/mol. The highest BCUT2D eigenvalue weighted by Crippen LogP contribution is 2.18. The lowest BCUT2D eigenvalue weighted by Gasteiger charge is -2.15. The molecule has 21 heavy (non-hydrogen) atoms. The van der Waals surface area contributed by atoms with Crippen molar-refractivity contribution >= 4 is 5.91 Å². The van der Waals surface area contributed by atoms with Crippen LogP contribution in [0.25, 0.3) is 0 Å².